The van der Waals surface area contributed by atoms with Crippen LogP contribution in [0.4, 0.5) is 0 Å². The van der Waals surface area contributed by atoms with Crippen molar-refractivity contribution in [2.75, 3.05) is 6.54 Å². The predicted molar refractivity (Wildman–Crippen MR) is 63.8 cm³/mol. The molecule has 0 aliphatic rings. The fourth-order valence-electron chi connectivity index (χ4n) is 1.49. The van der Waals surface area contributed by atoms with Crippen molar-refractivity contribution in [1.29, 1.82) is 0 Å². The Morgan fingerprint density at radius 2 is 2.25 bits per heavy atom. The third-order valence-corrected chi connectivity index (χ3v) is 2.29. The zero-order valence-electron chi connectivity index (χ0n) is 9.40. The molecular formula is C12H16N4. The summed E-state index contributed by atoms with van der Waals surface area (Å²) in [7, 11) is 0. The van der Waals surface area contributed by atoms with Crippen molar-refractivity contribution in [3.8, 4) is 11.4 Å². The lowest BCUT2D eigenvalue weighted by Crippen LogP contribution is -2.14. The van der Waals surface area contributed by atoms with Gasteiger partial charge in [-0.3, -0.25) is 4.98 Å². The number of H-pyrrole nitrogens is 1. The molecule has 0 spiro atoms. The topological polar surface area (TPSA) is 53.6 Å². The molecule has 0 aromatic carbocycles. The molecule has 2 aromatic rings. The van der Waals surface area contributed by atoms with Gasteiger partial charge in [-0.25, -0.2) is 4.98 Å². The minimum Gasteiger partial charge on any atom is -0.340 e. The largest absolute Gasteiger partial charge is 0.340 e. The highest BCUT2D eigenvalue weighted by molar-refractivity contribution is 5.52. The third kappa shape index (κ3) is 2.67. The molecule has 0 amide bonds. The second kappa shape index (κ2) is 5.42. The van der Waals surface area contributed by atoms with E-state index in [1.165, 1.54) is 0 Å². The Bertz CT molecular complexity index is 422. The first kappa shape index (κ1) is 10.8. The van der Waals surface area contributed by atoms with Gasteiger partial charge in [0.1, 0.15) is 5.82 Å². The molecule has 0 saturated heterocycles. The number of aromatic nitrogens is 3. The van der Waals surface area contributed by atoms with Crippen molar-refractivity contribution < 1.29 is 0 Å². The molecule has 2 heterocycles. The molecule has 0 atom stereocenters. The standard InChI is InChI=1S/C12H16N4/c1-2-6-13-9-12-15-8-11(16-12)10-5-3-4-7-14-10/h3-5,7-8,13H,2,6,9H2,1H3,(H,15,16). The van der Waals surface area contributed by atoms with E-state index in [2.05, 4.69) is 27.2 Å². The second-order valence-corrected chi connectivity index (χ2v) is 3.64. The summed E-state index contributed by atoms with van der Waals surface area (Å²) in [6.45, 7) is 3.94. The number of pyridine rings is 1. The number of nitrogens with zero attached hydrogens (tertiary/aromatic N) is 2. The van der Waals surface area contributed by atoms with Gasteiger partial charge in [-0.1, -0.05) is 13.0 Å². The molecule has 0 radical (unpaired) electrons. The molecule has 4 heteroatoms. The van der Waals surface area contributed by atoms with Crippen LogP contribution < -0.4 is 5.32 Å². The van der Waals surface area contributed by atoms with Crippen molar-refractivity contribution in [2.24, 2.45) is 0 Å². The number of hydrogen-bond donors (Lipinski definition) is 2. The van der Waals surface area contributed by atoms with Gasteiger partial charge in [0.2, 0.25) is 0 Å². The van der Waals surface area contributed by atoms with E-state index in [1.807, 2.05) is 24.4 Å². The summed E-state index contributed by atoms with van der Waals surface area (Å²) in [5.74, 6) is 0.953. The van der Waals surface area contributed by atoms with Crippen molar-refractivity contribution in [1.82, 2.24) is 20.3 Å². The van der Waals surface area contributed by atoms with Crippen molar-refractivity contribution in [2.45, 2.75) is 19.9 Å². The number of hydrogen-bond acceptors (Lipinski definition) is 3. The van der Waals surface area contributed by atoms with Crippen LogP contribution in [0.1, 0.15) is 19.2 Å². The summed E-state index contributed by atoms with van der Waals surface area (Å²) < 4.78 is 0. The van der Waals surface area contributed by atoms with Gasteiger partial charge in [0.25, 0.3) is 0 Å². The molecular weight excluding hydrogens is 200 g/mol. The molecule has 4 nitrogen and oxygen atoms in total. The number of imidazole rings is 1. The number of nitrogens with one attached hydrogen (secondary N) is 2. The zero-order valence-corrected chi connectivity index (χ0v) is 9.40. The summed E-state index contributed by atoms with van der Waals surface area (Å²) in [5.41, 5.74) is 1.89. The molecule has 2 aromatic heterocycles. The molecule has 0 unspecified atom stereocenters. The summed E-state index contributed by atoms with van der Waals surface area (Å²) in [6.07, 6.45) is 4.74. The van der Waals surface area contributed by atoms with Gasteiger partial charge in [0, 0.05) is 6.20 Å². The second-order valence-electron chi connectivity index (χ2n) is 3.64. The van der Waals surface area contributed by atoms with Crippen LogP contribution in [0.2, 0.25) is 0 Å². The van der Waals surface area contributed by atoms with Crippen molar-refractivity contribution >= 4 is 0 Å². The molecule has 0 bridgehead atoms. The summed E-state index contributed by atoms with van der Waals surface area (Å²) >= 11 is 0. The van der Waals surface area contributed by atoms with Gasteiger partial charge >= 0.3 is 0 Å². The SMILES string of the molecule is CCCNCc1ncc(-c2ccccn2)[nH]1. The summed E-state index contributed by atoms with van der Waals surface area (Å²) in [6, 6.07) is 5.85. The van der Waals surface area contributed by atoms with Gasteiger partial charge < -0.3 is 10.3 Å². The molecule has 0 saturated carbocycles. The summed E-state index contributed by atoms with van der Waals surface area (Å²) in [5, 5.41) is 3.30. The molecule has 0 aliphatic carbocycles. The highest BCUT2D eigenvalue weighted by Gasteiger charge is 2.02. The van der Waals surface area contributed by atoms with Gasteiger partial charge in [-0.15, -0.1) is 0 Å². The Labute approximate surface area is 95.1 Å². The molecule has 0 fully saturated rings. The van der Waals surface area contributed by atoms with Crippen molar-refractivity contribution in [3.63, 3.8) is 0 Å². The first-order valence-electron chi connectivity index (χ1n) is 5.56. The fourth-order valence-corrected chi connectivity index (χ4v) is 1.49. The van der Waals surface area contributed by atoms with Crippen LogP contribution in [0, 0.1) is 0 Å². The van der Waals surface area contributed by atoms with E-state index in [-0.39, 0.29) is 0 Å². The Morgan fingerprint density at radius 3 is 3.00 bits per heavy atom. The monoisotopic (exact) mass is 216 g/mol. The zero-order chi connectivity index (χ0) is 11.2. The third-order valence-electron chi connectivity index (χ3n) is 2.29. The smallest absolute Gasteiger partial charge is 0.120 e. The Morgan fingerprint density at radius 1 is 1.31 bits per heavy atom. The maximum atomic E-state index is 4.31. The highest BCUT2D eigenvalue weighted by atomic mass is 15.0. The minimum atomic E-state index is 0.778. The Hall–Kier alpha value is -1.68. The van der Waals surface area contributed by atoms with Crippen LogP contribution in [0.25, 0.3) is 11.4 Å². The normalized spacial score (nSPS) is 10.6. The van der Waals surface area contributed by atoms with E-state index in [0.717, 1.165) is 36.7 Å². The maximum absolute atomic E-state index is 4.31. The van der Waals surface area contributed by atoms with E-state index in [1.54, 1.807) is 6.20 Å². The average Bonchev–Trinajstić information content (AvgIpc) is 2.79. The van der Waals surface area contributed by atoms with E-state index in [0.29, 0.717) is 0 Å². The molecule has 2 rings (SSSR count). The van der Waals surface area contributed by atoms with E-state index in [4.69, 9.17) is 0 Å². The van der Waals surface area contributed by atoms with E-state index < -0.39 is 0 Å². The van der Waals surface area contributed by atoms with Gasteiger partial charge in [0.15, 0.2) is 0 Å². The van der Waals surface area contributed by atoms with Crippen LogP contribution in [-0.2, 0) is 6.54 Å². The van der Waals surface area contributed by atoms with Crippen LogP contribution in [0.3, 0.4) is 0 Å². The fraction of sp³-hybridized carbons (Fsp3) is 0.333. The van der Waals surface area contributed by atoms with Gasteiger partial charge in [-0.2, -0.15) is 0 Å². The minimum absolute atomic E-state index is 0.778. The number of aromatic amines is 1. The Kier molecular flexibility index (Phi) is 3.66. The quantitative estimate of drug-likeness (QED) is 0.751. The lowest BCUT2D eigenvalue weighted by Gasteiger charge is -1.99. The van der Waals surface area contributed by atoms with Crippen LogP contribution in [-0.4, -0.2) is 21.5 Å². The van der Waals surface area contributed by atoms with Gasteiger partial charge in [0.05, 0.1) is 24.1 Å². The van der Waals surface area contributed by atoms with E-state index in [9.17, 15) is 0 Å². The van der Waals surface area contributed by atoms with Gasteiger partial charge in [-0.05, 0) is 25.1 Å². The first-order chi connectivity index (χ1) is 7.90. The average molecular weight is 216 g/mol. The van der Waals surface area contributed by atoms with Crippen molar-refractivity contribution in [3.05, 3.63) is 36.4 Å². The highest BCUT2D eigenvalue weighted by Crippen LogP contribution is 2.12. The van der Waals surface area contributed by atoms with Crippen LogP contribution >= 0.6 is 0 Å². The summed E-state index contributed by atoms with van der Waals surface area (Å²) in [4.78, 5) is 11.8. The Balaban J connectivity index is 2.02. The van der Waals surface area contributed by atoms with Crippen LogP contribution in [0.5, 0.6) is 0 Å². The predicted octanol–water partition coefficient (Wildman–Crippen LogP) is 1.97. The number of rotatable bonds is 5. The molecule has 16 heavy (non-hydrogen) atoms. The molecule has 84 valence electrons. The van der Waals surface area contributed by atoms with Crippen LogP contribution in [0.15, 0.2) is 30.6 Å². The lowest BCUT2D eigenvalue weighted by atomic mass is 10.3. The molecule has 0 aliphatic heterocycles. The first-order valence-corrected chi connectivity index (χ1v) is 5.56. The van der Waals surface area contributed by atoms with E-state index >= 15 is 0 Å². The molecule has 2 N–H and O–H groups in total. The maximum Gasteiger partial charge on any atom is 0.120 e. The lowest BCUT2D eigenvalue weighted by molar-refractivity contribution is 0.655.